The van der Waals surface area contributed by atoms with Gasteiger partial charge in [0.1, 0.15) is 35.4 Å². The number of ether oxygens (including phenoxy) is 1. The minimum Gasteiger partial charge on any atom is -0.490 e. The quantitative estimate of drug-likeness (QED) is 0.218. The fourth-order valence-electron chi connectivity index (χ4n) is 5.47. The highest BCUT2D eigenvalue weighted by atomic mass is 32.1. The standard InChI is InChI=1S/C31H30F2N6O3S/c1-5-26(41)37-14-18(4)39-21(16-37)12-24(36-39)30-28(27-23(33)10-20(32)11-25(27)42-8-7-40)31-22(6-9-43-31)29(35-30)19-13-34-38(15-19)17(2)3/h5-6,9-13,15,17-18,40H,1,7-8,14,16H2,2-4H3/t18-/m0/s1. The van der Waals surface area contributed by atoms with Crippen LogP contribution in [0.5, 0.6) is 5.75 Å². The first-order chi connectivity index (χ1) is 20.7. The lowest BCUT2D eigenvalue weighted by molar-refractivity contribution is -0.127. The van der Waals surface area contributed by atoms with Crippen molar-refractivity contribution in [1.82, 2.24) is 29.4 Å². The molecule has 5 heterocycles. The van der Waals surface area contributed by atoms with Crippen molar-refractivity contribution in [2.75, 3.05) is 19.8 Å². The maximum absolute atomic E-state index is 15.8. The predicted octanol–water partition coefficient (Wildman–Crippen LogP) is 6.01. The number of aromatic nitrogens is 5. The van der Waals surface area contributed by atoms with E-state index in [0.717, 1.165) is 28.8 Å². The minimum atomic E-state index is -0.828. The minimum absolute atomic E-state index is 0.0247. The first-order valence-corrected chi connectivity index (χ1v) is 14.8. The molecule has 43 heavy (non-hydrogen) atoms. The van der Waals surface area contributed by atoms with Crippen LogP contribution in [0.4, 0.5) is 8.78 Å². The van der Waals surface area contributed by atoms with Gasteiger partial charge in [0.05, 0.1) is 42.3 Å². The number of carbonyl (C=O) groups excluding carboxylic acids is 1. The summed E-state index contributed by atoms with van der Waals surface area (Å²) in [7, 11) is 0. The Balaban J connectivity index is 1.64. The van der Waals surface area contributed by atoms with Crippen molar-refractivity contribution in [2.24, 2.45) is 0 Å². The lowest BCUT2D eigenvalue weighted by atomic mass is 9.97. The average Bonchev–Trinajstić information content (AvgIpc) is 3.75. The van der Waals surface area contributed by atoms with Gasteiger partial charge in [-0.2, -0.15) is 10.2 Å². The molecule has 12 heteroatoms. The Kier molecular flexibility index (Phi) is 7.57. The molecule has 1 aliphatic rings. The van der Waals surface area contributed by atoms with E-state index in [-0.39, 0.29) is 42.5 Å². The Morgan fingerprint density at radius 2 is 2.07 bits per heavy atom. The van der Waals surface area contributed by atoms with Crippen LogP contribution in [0.2, 0.25) is 0 Å². The van der Waals surface area contributed by atoms with E-state index < -0.39 is 11.6 Å². The van der Waals surface area contributed by atoms with Crippen LogP contribution >= 0.6 is 11.3 Å². The zero-order valence-corrected chi connectivity index (χ0v) is 24.7. The van der Waals surface area contributed by atoms with E-state index in [1.54, 1.807) is 11.1 Å². The summed E-state index contributed by atoms with van der Waals surface area (Å²) < 4.78 is 40.4. The largest absolute Gasteiger partial charge is 0.490 e. The van der Waals surface area contributed by atoms with E-state index in [1.165, 1.54) is 17.4 Å². The number of carbonyl (C=O) groups is 1. The Labute approximate surface area is 250 Å². The van der Waals surface area contributed by atoms with E-state index in [9.17, 15) is 14.3 Å². The van der Waals surface area contributed by atoms with Crippen molar-refractivity contribution >= 4 is 27.3 Å². The number of nitrogens with zero attached hydrogens (tertiary/aromatic N) is 6. The summed E-state index contributed by atoms with van der Waals surface area (Å²) in [4.78, 5) is 19.2. The molecule has 0 bridgehead atoms. The molecule has 9 nitrogen and oxygen atoms in total. The van der Waals surface area contributed by atoms with Crippen LogP contribution in [0.1, 0.15) is 38.5 Å². The molecule has 0 radical (unpaired) electrons. The lowest BCUT2D eigenvalue weighted by Gasteiger charge is -2.31. The molecule has 0 spiro atoms. The molecule has 1 atom stereocenters. The van der Waals surface area contributed by atoms with Crippen LogP contribution in [0.25, 0.3) is 43.9 Å². The van der Waals surface area contributed by atoms with Gasteiger partial charge in [-0.05, 0) is 44.4 Å². The molecule has 4 aromatic heterocycles. The van der Waals surface area contributed by atoms with Gasteiger partial charge in [-0.1, -0.05) is 6.58 Å². The third kappa shape index (κ3) is 5.10. The highest BCUT2D eigenvalue weighted by Crippen LogP contribution is 2.47. The number of fused-ring (bicyclic) bond motifs is 2. The van der Waals surface area contributed by atoms with Crippen molar-refractivity contribution in [2.45, 2.75) is 39.4 Å². The van der Waals surface area contributed by atoms with Crippen molar-refractivity contribution in [3.8, 4) is 39.5 Å². The number of rotatable bonds is 8. The number of thiophene rings is 1. The summed E-state index contributed by atoms with van der Waals surface area (Å²) in [6.07, 6.45) is 4.95. The zero-order chi connectivity index (χ0) is 30.4. The summed E-state index contributed by atoms with van der Waals surface area (Å²) in [6, 6.07) is 5.68. The summed E-state index contributed by atoms with van der Waals surface area (Å²) in [5, 5.41) is 21.5. The molecule has 1 amide bonds. The smallest absolute Gasteiger partial charge is 0.246 e. The van der Waals surface area contributed by atoms with E-state index >= 15 is 4.39 Å². The topological polar surface area (TPSA) is 98.3 Å². The zero-order valence-electron chi connectivity index (χ0n) is 23.9. The number of hydrogen-bond donors (Lipinski definition) is 1. The molecule has 0 aliphatic carbocycles. The molecule has 5 aromatic rings. The van der Waals surface area contributed by atoms with Gasteiger partial charge in [0.25, 0.3) is 0 Å². The van der Waals surface area contributed by atoms with E-state index in [1.807, 2.05) is 53.8 Å². The van der Waals surface area contributed by atoms with Gasteiger partial charge in [-0.15, -0.1) is 11.3 Å². The van der Waals surface area contributed by atoms with Crippen LogP contribution in [-0.2, 0) is 11.3 Å². The van der Waals surface area contributed by atoms with Gasteiger partial charge in [-0.25, -0.2) is 13.8 Å². The van der Waals surface area contributed by atoms with Gasteiger partial charge >= 0.3 is 0 Å². The maximum atomic E-state index is 15.8. The SMILES string of the molecule is C=CC(=O)N1Cc2cc(-c3nc(-c4cnn(C(C)C)c4)c4ccsc4c3-c3c(F)cc(F)cc3OCCO)nn2[C@@H](C)C1. The van der Waals surface area contributed by atoms with Crippen LogP contribution in [-0.4, -0.2) is 60.2 Å². The average molecular weight is 605 g/mol. The molecule has 1 aromatic carbocycles. The van der Waals surface area contributed by atoms with Gasteiger partial charge in [-0.3, -0.25) is 14.2 Å². The van der Waals surface area contributed by atoms with Crippen LogP contribution in [0, 0.1) is 11.6 Å². The number of amides is 1. The second-order valence-electron chi connectivity index (χ2n) is 10.7. The van der Waals surface area contributed by atoms with E-state index in [4.69, 9.17) is 14.8 Å². The van der Waals surface area contributed by atoms with Crippen LogP contribution < -0.4 is 4.74 Å². The number of benzene rings is 1. The molecule has 0 fully saturated rings. The van der Waals surface area contributed by atoms with Gasteiger partial charge in [0.2, 0.25) is 5.91 Å². The number of halogens is 2. The first kappa shape index (κ1) is 28.7. The van der Waals surface area contributed by atoms with Gasteiger partial charge in [0.15, 0.2) is 0 Å². The Morgan fingerprint density at radius 3 is 2.79 bits per heavy atom. The lowest BCUT2D eigenvalue weighted by Crippen LogP contribution is -2.39. The molecule has 1 N–H and O–H groups in total. The Hall–Kier alpha value is -4.42. The molecule has 222 valence electrons. The van der Waals surface area contributed by atoms with Crippen molar-refractivity contribution < 1.29 is 23.4 Å². The highest BCUT2D eigenvalue weighted by Gasteiger charge is 2.30. The second kappa shape index (κ2) is 11.3. The second-order valence-corrected chi connectivity index (χ2v) is 11.6. The number of aliphatic hydroxyl groups is 1. The summed E-state index contributed by atoms with van der Waals surface area (Å²) in [5.74, 6) is -1.86. The van der Waals surface area contributed by atoms with Crippen molar-refractivity contribution in [3.63, 3.8) is 0 Å². The number of pyridine rings is 1. The maximum Gasteiger partial charge on any atom is 0.246 e. The van der Waals surface area contributed by atoms with E-state index in [2.05, 4.69) is 11.7 Å². The molecular weight excluding hydrogens is 574 g/mol. The van der Waals surface area contributed by atoms with Crippen molar-refractivity contribution in [1.29, 1.82) is 0 Å². The molecule has 0 saturated carbocycles. The van der Waals surface area contributed by atoms with Gasteiger partial charge < -0.3 is 14.7 Å². The first-order valence-electron chi connectivity index (χ1n) is 13.9. The van der Waals surface area contributed by atoms with Crippen LogP contribution in [0.15, 0.2) is 54.7 Å². The fraction of sp³-hybridized carbons (Fsp3) is 0.290. The van der Waals surface area contributed by atoms with Crippen molar-refractivity contribution in [3.05, 3.63) is 72.0 Å². The molecule has 0 unspecified atom stereocenters. The number of hydrogen-bond acceptors (Lipinski definition) is 7. The van der Waals surface area contributed by atoms with E-state index in [0.29, 0.717) is 40.4 Å². The Morgan fingerprint density at radius 1 is 1.26 bits per heavy atom. The van der Waals surface area contributed by atoms with Gasteiger partial charge in [0, 0.05) is 52.1 Å². The van der Waals surface area contributed by atoms with Crippen LogP contribution in [0.3, 0.4) is 0 Å². The Bertz CT molecular complexity index is 1860. The molecule has 0 saturated heterocycles. The predicted molar refractivity (Wildman–Crippen MR) is 161 cm³/mol. The third-order valence-electron chi connectivity index (χ3n) is 7.43. The summed E-state index contributed by atoms with van der Waals surface area (Å²) in [6.45, 7) is 9.93. The third-order valence-corrected chi connectivity index (χ3v) is 8.36. The number of aliphatic hydroxyl groups excluding tert-OH is 1. The molecule has 1 aliphatic heterocycles. The summed E-state index contributed by atoms with van der Waals surface area (Å²) in [5.41, 5.74) is 3.47. The highest BCUT2D eigenvalue weighted by molar-refractivity contribution is 7.18. The fourth-order valence-corrected chi connectivity index (χ4v) is 6.42. The monoisotopic (exact) mass is 604 g/mol. The normalized spacial score (nSPS) is 14.9. The molecular formula is C31H30F2N6O3S. The molecule has 6 rings (SSSR count). The summed E-state index contributed by atoms with van der Waals surface area (Å²) >= 11 is 1.40.